The molecule has 0 amide bonds. The van der Waals surface area contributed by atoms with Gasteiger partial charge < -0.3 is 9.47 Å². The maximum absolute atomic E-state index is 11.8. The highest BCUT2D eigenvalue weighted by Crippen LogP contribution is 2.19. The topological polar surface area (TPSA) is 52.6 Å². The summed E-state index contributed by atoms with van der Waals surface area (Å²) < 4.78 is 10.4. The molecular formula is C15H18O4. The molecule has 1 heterocycles. The van der Waals surface area contributed by atoms with Crippen LogP contribution in [0, 0.1) is 5.92 Å². The molecule has 1 aromatic carbocycles. The predicted octanol–water partition coefficient (Wildman–Crippen LogP) is 2.11. The number of hydrogen-bond donors (Lipinski definition) is 0. The van der Waals surface area contributed by atoms with Crippen molar-refractivity contribution in [1.82, 2.24) is 0 Å². The molecule has 2 rings (SSSR count). The predicted molar refractivity (Wildman–Crippen MR) is 69.4 cm³/mol. The van der Waals surface area contributed by atoms with Gasteiger partial charge in [0.1, 0.15) is 0 Å². The number of ether oxygens (including phenoxy) is 2. The zero-order chi connectivity index (χ0) is 13.8. The SMILES string of the molecule is CC(C)CC1OC(=O)C(Cc2ccccc2)OC1=O. The van der Waals surface area contributed by atoms with Crippen LogP contribution in [0.4, 0.5) is 0 Å². The van der Waals surface area contributed by atoms with Crippen molar-refractivity contribution in [1.29, 1.82) is 0 Å². The Bertz CT molecular complexity index is 452. The summed E-state index contributed by atoms with van der Waals surface area (Å²) in [6, 6.07) is 9.44. The smallest absolute Gasteiger partial charge is 0.348 e. The first-order chi connectivity index (χ1) is 9.06. The van der Waals surface area contributed by atoms with E-state index in [0.717, 1.165) is 5.56 Å². The highest BCUT2D eigenvalue weighted by atomic mass is 16.6. The van der Waals surface area contributed by atoms with Crippen molar-refractivity contribution >= 4 is 11.9 Å². The number of hydrogen-bond acceptors (Lipinski definition) is 4. The third kappa shape index (κ3) is 3.56. The zero-order valence-electron chi connectivity index (χ0n) is 11.2. The van der Waals surface area contributed by atoms with Gasteiger partial charge in [0, 0.05) is 6.42 Å². The van der Waals surface area contributed by atoms with Gasteiger partial charge in [-0.2, -0.15) is 0 Å². The molecule has 1 saturated heterocycles. The average molecular weight is 262 g/mol. The Labute approximate surface area is 112 Å². The van der Waals surface area contributed by atoms with E-state index in [4.69, 9.17) is 9.47 Å². The summed E-state index contributed by atoms with van der Waals surface area (Å²) in [5.74, 6) is -0.612. The largest absolute Gasteiger partial charge is 0.448 e. The summed E-state index contributed by atoms with van der Waals surface area (Å²) in [5, 5.41) is 0. The van der Waals surface area contributed by atoms with Crippen molar-refractivity contribution in [3.05, 3.63) is 35.9 Å². The molecule has 1 fully saturated rings. The van der Waals surface area contributed by atoms with Crippen LogP contribution in [0.3, 0.4) is 0 Å². The molecule has 4 nitrogen and oxygen atoms in total. The quantitative estimate of drug-likeness (QED) is 0.780. The van der Waals surface area contributed by atoms with Gasteiger partial charge >= 0.3 is 11.9 Å². The van der Waals surface area contributed by atoms with Crippen LogP contribution >= 0.6 is 0 Å². The lowest BCUT2D eigenvalue weighted by Crippen LogP contribution is -2.45. The van der Waals surface area contributed by atoms with Crippen molar-refractivity contribution in [2.75, 3.05) is 0 Å². The lowest BCUT2D eigenvalue weighted by atomic mass is 10.0. The number of carbonyl (C=O) groups excluding carboxylic acids is 2. The molecule has 0 radical (unpaired) electrons. The molecule has 0 aliphatic carbocycles. The molecule has 0 bridgehead atoms. The summed E-state index contributed by atoms with van der Waals surface area (Å²) in [6.45, 7) is 3.94. The first kappa shape index (κ1) is 13.6. The Kier molecular flexibility index (Phi) is 4.20. The standard InChI is InChI=1S/C15H18O4/c1-10(2)8-12-14(16)19-13(15(17)18-12)9-11-6-4-3-5-7-11/h3-7,10,12-13H,8-9H2,1-2H3. The zero-order valence-corrected chi connectivity index (χ0v) is 11.2. The third-order valence-electron chi connectivity index (χ3n) is 2.99. The van der Waals surface area contributed by atoms with Crippen LogP contribution in [0.15, 0.2) is 30.3 Å². The minimum absolute atomic E-state index is 0.274. The fourth-order valence-electron chi connectivity index (χ4n) is 2.05. The average Bonchev–Trinajstić information content (AvgIpc) is 2.36. The fraction of sp³-hybridized carbons (Fsp3) is 0.467. The molecule has 4 heteroatoms. The number of benzene rings is 1. The Hall–Kier alpha value is -1.84. The van der Waals surface area contributed by atoms with Gasteiger partial charge in [0.15, 0.2) is 6.10 Å². The van der Waals surface area contributed by atoms with Crippen LogP contribution in [-0.4, -0.2) is 24.1 Å². The number of esters is 2. The minimum Gasteiger partial charge on any atom is -0.448 e. The maximum Gasteiger partial charge on any atom is 0.348 e. The molecule has 2 unspecified atom stereocenters. The number of cyclic esters (lactones) is 2. The summed E-state index contributed by atoms with van der Waals surface area (Å²) in [4.78, 5) is 23.6. The molecular weight excluding hydrogens is 244 g/mol. The van der Waals surface area contributed by atoms with E-state index in [1.807, 2.05) is 44.2 Å². The minimum atomic E-state index is -0.821. The highest BCUT2D eigenvalue weighted by Gasteiger charge is 2.38. The van der Waals surface area contributed by atoms with E-state index in [9.17, 15) is 9.59 Å². The van der Waals surface area contributed by atoms with Gasteiger partial charge in [-0.25, -0.2) is 9.59 Å². The van der Waals surface area contributed by atoms with E-state index in [1.165, 1.54) is 0 Å². The molecule has 0 saturated carbocycles. The third-order valence-corrected chi connectivity index (χ3v) is 2.99. The second-order valence-corrected chi connectivity index (χ2v) is 5.17. The van der Waals surface area contributed by atoms with Crippen LogP contribution in [-0.2, 0) is 25.5 Å². The van der Waals surface area contributed by atoms with Gasteiger partial charge in [-0.3, -0.25) is 0 Å². The van der Waals surface area contributed by atoms with E-state index in [1.54, 1.807) is 0 Å². The van der Waals surface area contributed by atoms with Crippen molar-refractivity contribution in [2.45, 2.75) is 38.9 Å². The van der Waals surface area contributed by atoms with E-state index >= 15 is 0 Å². The van der Waals surface area contributed by atoms with Crippen LogP contribution in [0.25, 0.3) is 0 Å². The Morgan fingerprint density at radius 1 is 1.00 bits per heavy atom. The first-order valence-corrected chi connectivity index (χ1v) is 6.51. The van der Waals surface area contributed by atoms with Crippen molar-refractivity contribution in [3.8, 4) is 0 Å². The summed E-state index contributed by atoms with van der Waals surface area (Å²) in [6.07, 6.45) is -0.708. The molecule has 2 atom stereocenters. The fourth-order valence-corrected chi connectivity index (χ4v) is 2.05. The van der Waals surface area contributed by atoms with E-state index in [-0.39, 0.29) is 5.92 Å². The van der Waals surface area contributed by atoms with Crippen LogP contribution < -0.4 is 0 Å². The first-order valence-electron chi connectivity index (χ1n) is 6.51. The molecule has 1 aliphatic heterocycles. The van der Waals surface area contributed by atoms with Crippen LogP contribution in [0.1, 0.15) is 25.8 Å². The van der Waals surface area contributed by atoms with E-state index in [0.29, 0.717) is 12.8 Å². The maximum atomic E-state index is 11.8. The van der Waals surface area contributed by atoms with E-state index in [2.05, 4.69) is 0 Å². The number of rotatable bonds is 4. The van der Waals surface area contributed by atoms with Crippen LogP contribution in [0.2, 0.25) is 0 Å². The van der Waals surface area contributed by atoms with Gasteiger partial charge in [-0.15, -0.1) is 0 Å². The normalized spacial score (nSPS) is 23.1. The summed E-state index contributed by atoms with van der Waals surface area (Å²) in [5.41, 5.74) is 0.944. The van der Waals surface area contributed by atoms with Gasteiger partial charge in [-0.1, -0.05) is 44.2 Å². The second-order valence-electron chi connectivity index (χ2n) is 5.17. The molecule has 1 aliphatic rings. The van der Waals surface area contributed by atoms with Crippen molar-refractivity contribution in [2.24, 2.45) is 5.92 Å². The summed E-state index contributed by atoms with van der Waals surface area (Å²) >= 11 is 0. The molecule has 19 heavy (non-hydrogen) atoms. The Balaban J connectivity index is 1.99. The second kappa shape index (κ2) is 5.87. The van der Waals surface area contributed by atoms with Crippen LogP contribution in [0.5, 0.6) is 0 Å². The van der Waals surface area contributed by atoms with Crippen molar-refractivity contribution < 1.29 is 19.1 Å². The van der Waals surface area contributed by atoms with E-state index < -0.39 is 24.1 Å². The lowest BCUT2D eigenvalue weighted by molar-refractivity contribution is -0.195. The molecule has 0 N–H and O–H groups in total. The van der Waals surface area contributed by atoms with Crippen molar-refractivity contribution in [3.63, 3.8) is 0 Å². The Morgan fingerprint density at radius 2 is 1.58 bits per heavy atom. The van der Waals surface area contributed by atoms with Gasteiger partial charge in [-0.05, 0) is 17.9 Å². The van der Waals surface area contributed by atoms with Gasteiger partial charge in [0.2, 0.25) is 6.10 Å². The van der Waals surface area contributed by atoms with Gasteiger partial charge in [0.25, 0.3) is 0 Å². The molecule has 0 aromatic heterocycles. The Morgan fingerprint density at radius 3 is 2.21 bits per heavy atom. The summed E-state index contributed by atoms with van der Waals surface area (Å²) in [7, 11) is 0. The highest BCUT2D eigenvalue weighted by molar-refractivity contribution is 5.87. The molecule has 0 spiro atoms. The lowest BCUT2D eigenvalue weighted by Gasteiger charge is -2.28. The molecule has 102 valence electrons. The number of carbonyl (C=O) groups is 2. The van der Waals surface area contributed by atoms with Gasteiger partial charge in [0.05, 0.1) is 0 Å². The monoisotopic (exact) mass is 262 g/mol. The molecule has 1 aromatic rings.